The molecule has 1 unspecified atom stereocenters. The molecule has 1 atom stereocenters. The van der Waals surface area contributed by atoms with E-state index in [4.69, 9.17) is 5.11 Å². The van der Waals surface area contributed by atoms with E-state index in [0.29, 0.717) is 0 Å². The van der Waals surface area contributed by atoms with Crippen molar-refractivity contribution < 1.29 is 14.7 Å². The average molecular weight is 235 g/mol. The maximum atomic E-state index is 11.7. The van der Waals surface area contributed by atoms with Gasteiger partial charge in [-0.05, 0) is 11.6 Å². The molecule has 2 rings (SSSR count). The summed E-state index contributed by atoms with van der Waals surface area (Å²) in [5.41, 5.74) is 0.828. The Morgan fingerprint density at radius 1 is 1.65 bits per heavy atom. The molecule has 0 aliphatic carbocycles. The van der Waals surface area contributed by atoms with Gasteiger partial charge in [-0.3, -0.25) is 9.78 Å². The minimum atomic E-state index is -0.991. The lowest BCUT2D eigenvalue weighted by Crippen LogP contribution is -2.57. The highest BCUT2D eigenvalue weighted by molar-refractivity contribution is 5.86. The molecule has 0 aromatic carbocycles. The van der Waals surface area contributed by atoms with E-state index >= 15 is 0 Å². The zero-order valence-electron chi connectivity index (χ0n) is 9.17. The first-order valence-corrected chi connectivity index (χ1v) is 5.30. The number of nitrogens with one attached hydrogen (secondary N) is 1. The highest BCUT2D eigenvalue weighted by Gasteiger charge is 2.32. The Labute approximate surface area is 98.3 Å². The summed E-state index contributed by atoms with van der Waals surface area (Å²) in [6.07, 6.45) is 3.27. The third-order valence-electron chi connectivity index (χ3n) is 2.67. The van der Waals surface area contributed by atoms with Crippen LogP contribution in [0.4, 0.5) is 0 Å². The number of amides is 1. The molecule has 2 heterocycles. The molecular weight excluding hydrogens is 222 g/mol. The monoisotopic (exact) mass is 235 g/mol. The van der Waals surface area contributed by atoms with E-state index in [0.717, 1.165) is 5.56 Å². The van der Waals surface area contributed by atoms with Gasteiger partial charge in [-0.1, -0.05) is 6.07 Å². The van der Waals surface area contributed by atoms with E-state index in [1.54, 1.807) is 18.5 Å². The Bertz CT molecular complexity index is 421. The summed E-state index contributed by atoms with van der Waals surface area (Å²) >= 11 is 0. The molecule has 0 bridgehead atoms. The number of hydrogen-bond donors (Lipinski definition) is 2. The van der Waals surface area contributed by atoms with Crippen LogP contribution in [0.15, 0.2) is 24.5 Å². The second kappa shape index (κ2) is 4.92. The number of carboxylic acid groups (broad SMARTS) is 1. The van der Waals surface area contributed by atoms with E-state index in [-0.39, 0.29) is 25.5 Å². The summed E-state index contributed by atoms with van der Waals surface area (Å²) in [4.78, 5) is 28.1. The maximum absolute atomic E-state index is 11.7. The van der Waals surface area contributed by atoms with Crippen molar-refractivity contribution in [2.24, 2.45) is 0 Å². The number of aliphatic carboxylic acids is 1. The third kappa shape index (κ3) is 2.59. The standard InChI is InChI=1S/C11H13N3O3/c15-10-6-13-5-9(11(16)17)14(10)7-8-2-1-3-12-4-8/h1-4,9,13H,5-7H2,(H,16,17). The Kier molecular flexibility index (Phi) is 3.34. The number of carboxylic acids is 1. The highest BCUT2D eigenvalue weighted by Crippen LogP contribution is 2.10. The normalized spacial score (nSPS) is 20.4. The Morgan fingerprint density at radius 3 is 3.12 bits per heavy atom. The number of carbonyl (C=O) groups is 2. The molecule has 6 nitrogen and oxygen atoms in total. The van der Waals surface area contributed by atoms with Crippen molar-refractivity contribution in [3.63, 3.8) is 0 Å². The van der Waals surface area contributed by atoms with Crippen molar-refractivity contribution >= 4 is 11.9 Å². The molecule has 2 N–H and O–H groups in total. The summed E-state index contributed by atoms with van der Waals surface area (Å²) in [6.45, 7) is 0.747. The predicted molar refractivity (Wildman–Crippen MR) is 59.1 cm³/mol. The summed E-state index contributed by atoms with van der Waals surface area (Å²) in [6, 6.07) is 2.77. The fraction of sp³-hybridized carbons (Fsp3) is 0.364. The highest BCUT2D eigenvalue weighted by atomic mass is 16.4. The molecule has 90 valence electrons. The van der Waals surface area contributed by atoms with Gasteiger partial charge in [0.05, 0.1) is 6.54 Å². The summed E-state index contributed by atoms with van der Waals surface area (Å²) < 4.78 is 0. The maximum Gasteiger partial charge on any atom is 0.327 e. The molecule has 1 aliphatic heterocycles. The summed E-state index contributed by atoms with van der Waals surface area (Å²) in [5.74, 6) is -1.19. The molecule has 0 radical (unpaired) electrons. The van der Waals surface area contributed by atoms with Gasteiger partial charge < -0.3 is 15.3 Å². The number of aromatic nitrogens is 1. The van der Waals surface area contributed by atoms with Crippen LogP contribution in [-0.2, 0) is 16.1 Å². The third-order valence-corrected chi connectivity index (χ3v) is 2.67. The molecular formula is C11H13N3O3. The topological polar surface area (TPSA) is 82.5 Å². The lowest BCUT2D eigenvalue weighted by atomic mass is 10.1. The number of carbonyl (C=O) groups excluding carboxylic acids is 1. The quantitative estimate of drug-likeness (QED) is 0.735. The van der Waals surface area contributed by atoms with Crippen LogP contribution in [-0.4, -0.2) is 46.0 Å². The molecule has 17 heavy (non-hydrogen) atoms. The minimum Gasteiger partial charge on any atom is -0.480 e. The Hall–Kier alpha value is -1.95. The number of rotatable bonds is 3. The molecule has 1 aliphatic rings. The van der Waals surface area contributed by atoms with Gasteiger partial charge in [0.2, 0.25) is 5.91 Å². The van der Waals surface area contributed by atoms with Crippen LogP contribution >= 0.6 is 0 Å². The fourth-order valence-electron chi connectivity index (χ4n) is 1.81. The van der Waals surface area contributed by atoms with E-state index in [9.17, 15) is 9.59 Å². The number of piperazine rings is 1. The van der Waals surface area contributed by atoms with Crippen LogP contribution < -0.4 is 5.32 Å². The van der Waals surface area contributed by atoms with E-state index in [1.807, 2.05) is 6.07 Å². The first-order chi connectivity index (χ1) is 8.18. The van der Waals surface area contributed by atoms with Gasteiger partial charge in [0.15, 0.2) is 0 Å². The zero-order chi connectivity index (χ0) is 12.3. The predicted octanol–water partition coefficient (Wildman–Crippen LogP) is -0.533. The van der Waals surface area contributed by atoms with Crippen LogP contribution in [0.5, 0.6) is 0 Å². The van der Waals surface area contributed by atoms with Crippen LogP contribution in [0.3, 0.4) is 0 Å². The Balaban J connectivity index is 2.15. The van der Waals surface area contributed by atoms with Crippen molar-refractivity contribution in [2.75, 3.05) is 13.1 Å². The fourth-order valence-corrected chi connectivity index (χ4v) is 1.81. The van der Waals surface area contributed by atoms with Gasteiger partial charge in [0, 0.05) is 25.5 Å². The van der Waals surface area contributed by atoms with E-state index in [2.05, 4.69) is 10.3 Å². The van der Waals surface area contributed by atoms with Crippen molar-refractivity contribution in [3.05, 3.63) is 30.1 Å². The van der Waals surface area contributed by atoms with Gasteiger partial charge in [0.1, 0.15) is 6.04 Å². The van der Waals surface area contributed by atoms with Gasteiger partial charge >= 0.3 is 5.97 Å². The summed E-state index contributed by atoms with van der Waals surface area (Å²) in [7, 11) is 0. The molecule has 1 saturated heterocycles. The van der Waals surface area contributed by atoms with Gasteiger partial charge in [-0.25, -0.2) is 4.79 Å². The van der Waals surface area contributed by atoms with Crippen molar-refractivity contribution in [1.29, 1.82) is 0 Å². The molecule has 1 amide bonds. The van der Waals surface area contributed by atoms with E-state index < -0.39 is 12.0 Å². The first kappa shape index (κ1) is 11.5. The molecule has 1 aromatic heterocycles. The number of hydrogen-bond acceptors (Lipinski definition) is 4. The largest absolute Gasteiger partial charge is 0.480 e. The minimum absolute atomic E-state index is 0.185. The Morgan fingerprint density at radius 2 is 2.47 bits per heavy atom. The lowest BCUT2D eigenvalue weighted by Gasteiger charge is -2.33. The SMILES string of the molecule is O=C(O)C1CNCC(=O)N1Cc1cccnc1. The molecule has 1 aromatic rings. The first-order valence-electron chi connectivity index (χ1n) is 5.30. The van der Waals surface area contributed by atoms with Crippen LogP contribution in [0, 0.1) is 0 Å². The second-order valence-corrected chi connectivity index (χ2v) is 3.87. The second-order valence-electron chi connectivity index (χ2n) is 3.87. The van der Waals surface area contributed by atoms with Crippen LogP contribution in [0.2, 0.25) is 0 Å². The summed E-state index contributed by atoms with van der Waals surface area (Å²) in [5, 5.41) is 11.8. The number of nitrogens with zero attached hydrogens (tertiary/aromatic N) is 2. The van der Waals surface area contributed by atoms with Crippen molar-refractivity contribution in [1.82, 2.24) is 15.2 Å². The number of pyridine rings is 1. The van der Waals surface area contributed by atoms with E-state index in [1.165, 1.54) is 4.90 Å². The smallest absolute Gasteiger partial charge is 0.327 e. The molecule has 1 fully saturated rings. The lowest BCUT2D eigenvalue weighted by molar-refractivity contribution is -0.152. The van der Waals surface area contributed by atoms with Crippen LogP contribution in [0.1, 0.15) is 5.56 Å². The van der Waals surface area contributed by atoms with Gasteiger partial charge in [-0.2, -0.15) is 0 Å². The van der Waals surface area contributed by atoms with Gasteiger partial charge in [0.25, 0.3) is 0 Å². The zero-order valence-corrected chi connectivity index (χ0v) is 9.17. The average Bonchev–Trinajstić information content (AvgIpc) is 2.33. The molecule has 6 heteroatoms. The van der Waals surface area contributed by atoms with Crippen LogP contribution in [0.25, 0.3) is 0 Å². The van der Waals surface area contributed by atoms with Crippen molar-refractivity contribution in [2.45, 2.75) is 12.6 Å². The van der Waals surface area contributed by atoms with Crippen molar-refractivity contribution in [3.8, 4) is 0 Å². The molecule has 0 saturated carbocycles. The van der Waals surface area contributed by atoms with Gasteiger partial charge in [-0.15, -0.1) is 0 Å². The molecule has 0 spiro atoms.